The third-order valence-electron chi connectivity index (χ3n) is 3.46. The van der Waals surface area contributed by atoms with E-state index in [9.17, 15) is 9.59 Å². The van der Waals surface area contributed by atoms with E-state index in [2.05, 4.69) is 10.6 Å². The molecule has 0 aromatic heterocycles. The highest BCUT2D eigenvalue weighted by molar-refractivity contribution is 5.90. The van der Waals surface area contributed by atoms with Crippen LogP contribution in [0, 0.1) is 5.92 Å². The normalized spacial score (nSPS) is 17.4. The highest BCUT2D eigenvalue weighted by Gasteiger charge is 2.15. The van der Waals surface area contributed by atoms with Crippen molar-refractivity contribution >= 4 is 17.5 Å². The second kappa shape index (κ2) is 7.64. The lowest BCUT2D eigenvalue weighted by atomic mass is 10.0. The van der Waals surface area contributed by atoms with Crippen molar-refractivity contribution in [1.82, 2.24) is 5.32 Å². The second-order valence-electron chi connectivity index (χ2n) is 5.23. The van der Waals surface area contributed by atoms with Gasteiger partial charge in [0, 0.05) is 12.1 Å². The summed E-state index contributed by atoms with van der Waals surface area (Å²) >= 11 is 0. The predicted octanol–water partition coefficient (Wildman–Crippen LogP) is 0.879. The van der Waals surface area contributed by atoms with Gasteiger partial charge in [-0.1, -0.05) is 0 Å². The van der Waals surface area contributed by atoms with Crippen LogP contribution in [0.3, 0.4) is 0 Å². The molecule has 4 N–H and O–H groups in total. The van der Waals surface area contributed by atoms with Crippen molar-refractivity contribution in [2.45, 2.75) is 19.3 Å². The summed E-state index contributed by atoms with van der Waals surface area (Å²) < 4.78 is 5.15. The Labute approximate surface area is 124 Å². The van der Waals surface area contributed by atoms with Gasteiger partial charge in [0.05, 0.1) is 0 Å². The van der Waals surface area contributed by atoms with Crippen molar-refractivity contribution < 1.29 is 14.3 Å². The summed E-state index contributed by atoms with van der Waals surface area (Å²) in [4.78, 5) is 22.4. The smallest absolute Gasteiger partial charge is 0.255 e. The first-order valence-electron chi connectivity index (χ1n) is 7.15. The maximum atomic E-state index is 11.8. The minimum atomic E-state index is -0.520. The average Bonchev–Trinajstić information content (AvgIpc) is 2.98. The highest BCUT2D eigenvalue weighted by Crippen LogP contribution is 2.17. The van der Waals surface area contributed by atoms with Crippen LogP contribution in [-0.2, 0) is 9.59 Å². The molecule has 1 aliphatic rings. The van der Waals surface area contributed by atoms with Gasteiger partial charge in [0.2, 0.25) is 5.91 Å². The molecule has 1 aliphatic heterocycles. The Hall–Kier alpha value is -2.08. The number of benzene rings is 1. The van der Waals surface area contributed by atoms with Crippen LogP contribution in [0.5, 0.6) is 5.75 Å². The number of rotatable bonds is 7. The SMILES string of the molecule is NC(=O)COc1ccc(NC(=O)CCC2CCNC2)cc1. The zero-order chi connectivity index (χ0) is 15.1. The Bertz CT molecular complexity index is 481. The fourth-order valence-electron chi connectivity index (χ4n) is 2.31. The maximum absolute atomic E-state index is 11.8. The van der Waals surface area contributed by atoms with Gasteiger partial charge >= 0.3 is 0 Å². The second-order valence-corrected chi connectivity index (χ2v) is 5.23. The van der Waals surface area contributed by atoms with Gasteiger partial charge in [-0.2, -0.15) is 0 Å². The molecule has 1 heterocycles. The number of anilines is 1. The van der Waals surface area contributed by atoms with E-state index >= 15 is 0 Å². The molecular formula is C15H21N3O3. The number of primary amides is 1. The number of hydrogen-bond donors (Lipinski definition) is 3. The summed E-state index contributed by atoms with van der Waals surface area (Å²) in [6, 6.07) is 6.87. The lowest BCUT2D eigenvalue weighted by molar-refractivity contribution is -0.120. The van der Waals surface area contributed by atoms with Crippen LogP contribution in [0.25, 0.3) is 0 Å². The van der Waals surface area contributed by atoms with E-state index in [0.29, 0.717) is 18.1 Å². The molecule has 2 rings (SSSR count). The van der Waals surface area contributed by atoms with Gasteiger partial charge in [0.25, 0.3) is 5.91 Å². The highest BCUT2D eigenvalue weighted by atomic mass is 16.5. The maximum Gasteiger partial charge on any atom is 0.255 e. The standard InChI is InChI=1S/C15H21N3O3/c16-14(19)10-21-13-4-2-12(3-5-13)18-15(20)6-1-11-7-8-17-9-11/h2-5,11,17H,1,6-10H2,(H2,16,19)(H,18,20). The fourth-order valence-corrected chi connectivity index (χ4v) is 2.31. The number of nitrogens with two attached hydrogens (primary N) is 1. The van der Waals surface area contributed by atoms with E-state index < -0.39 is 5.91 Å². The van der Waals surface area contributed by atoms with Crippen LogP contribution in [0.2, 0.25) is 0 Å². The molecule has 2 amide bonds. The first kappa shape index (κ1) is 15.3. The Kier molecular flexibility index (Phi) is 5.57. The van der Waals surface area contributed by atoms with E-state index in [0.717, 1.165) is 31.6 Å². The van der Waals surface area contributed by atoms with Crippen LogP contribution in [0.1, 0.15) is 19.3 Å². The lowest BCUT2D eigenvalue weighted by Gasteiger charge is -2.09. The number of hydrogen-bond acceptors (Lipinski definition) is 4. The summed E-state index contributed by atoms with van der Waals surface area (Å²) in [5.74, 6) is 0.658. The van der Waals surface area contributed by atoms with Crippen molar-refractivity contribution in [2.75, 3.05) is 25.0 Å². The van der Waals surface area contributed by atoms with Crippen molar-refractivity contribution in [1.29, 1.82) is 0 Å². The van der Waals surface area contributed by atoms with E-state index in [1.54, 1.807) is 24.3 Å². The molecular weight excluding hydrogens is 270 g/mol. The minimum absolute atomic E-state index is 0.0210. The molecule has 1 fully saturated rings. The summed E-state index contributed by atoms with van der Waals surface area (Å²) in [5, 5.41) is 6.14. The molecule has 0 bridgehead atoms. The van der Waals surface area contributed by atoms with Crippen LogP contribution in [0.15, 0.2) is 24.3 Å². The van der Waals surface area contributed by atoms with E-state index in [4.69, 9.17) is 10.5 Å². The average molecular weight is 291 g/mol. The Balaban J connectivity index is 1.73. The van der Waals surface area contributed by atoms with Gasteiger partial charge < -0.3 is 21.1 Å². The van der Waals surface area contributed by atoms with Crippen molar-refractivity contribution in [3.63, 3.8) is 0 Å². The van der Waals surface area contributed by atoms with Crippen molar-refractivity contribution in [3.05, 3.63) is 24.3 Å². The molecule has 1 aromatic carbocycles. The molecule has 1 unspecified atom stereocenters. The third-order valence-corrected chi connectivity index (χ3v) is 3.46. The molecule has 1 atom stereocenters. The van der Waals surface area contributed by atoms with Gasteiger partial charge in [0.15, 0.2) is 6.61 Å². The van der Waals surface area contributed by atoms with E-state index in [1.807, 2.05) is 0 Å². The summed E-state index contributed by atoms with van der Waals surface area (Å²) in [7, 11) is 0. The van der Waals surface area contributed by atoms with Crippen molar-refractivity contribution in [2.24, 2.45) is 11.7 Å². The van der Waals surface area contributed by atoms with Crippen molar-refractivity contribution in [3.8, 4) is 5.75 Å². The number of ether oxygens (including phenoxy) is 1. The first-order valence-corrected chi connectivity index (χ1v) is 7.15. The zero-order valence-electron chi connectivity index (χ0n) is 11.9. The van der Waals surface area contributed by atoms with Crippen LogP contribution >= 0.6 is 0 Å². The number of carbonyl (C=O) groups excluding carboxylic acids is 2. The zero-order valence-corrected chi connectivity index (χ0v) is 11.9. The Morgan fingerprint density at radius 3 is 2.71 bits per heavy atom. The van der Waals surface area contributed by atoms with E-state index in [-0.39, 0.29) is 12.5 Å². The van der Waals surface area contributed by atoms with E-state index in [1.165, 1.54) is 0 Å². The molecule has 0 aliphatic carbocycles. The first-order chi connectivity index (χ1) is 10.1. The third kappa shape index (κ3) is 5.43. The van der Waals surface area contributed by atoms with Gasteiger partial charge in [-0.05, 0) is 56.1 Å². The molecule has 114 valence electrons. The molecule has 1 aromatic rings. The summed E-state index contributed by atoms with van der Waals surface area (Å²) in [6.45, 7) is 1.92. The summed E-state index contributed by atoms with van der Waals surface area (Å²) in [6.07, 6.45) is 2.60. The lowest BCUT2D eigenvalue weighted by Crippen LogP contribution is -2.20. The largest absolute Gasteiger partial charge is 0.484 e. The summed E-state index contributed by atoms with van der Waals surface area (Å²) in [5.41, 5.74) is 5.71. The number of amides is 2. The Morgan fingerprint density at radius 1 is 1.33 bits per heavy atom. The van der Waals surface area contributed by atoms with Gasteiger partial charge in [-0.15, -0.1) is 0 Å². The number of nitrogens with one attached hydrogen (secondary N) is 2. The van der Waals surface area contributed by atoms with Gasteiger partial charge in [-0.25, -0.2) is 0 Å². The minimum Gasteiger partial charge on any atom is -0.484 e. The van der Waals surface area contributed by atoms with Gasteiger partial charge in [-0.3, -0.25) is 9.59 Å². The molecule has 6 heteroatoms. The van der Waals surface area contributed by atoms with Crippen LogP contribution in [-0.4, -0.2) is 31.5 Å². The van der Waals surface area contributed by atoms with Crippen LogP contribution in [0.4, 0.5) is 5.69 Å². The van der Waals surface area contributed by atoms with Crippen LogP contribution < -0.4 is 21.1 Å². The topological polar surface area (TPSA) is 93.5 Å². The molecule has 0 saturated carbocycles. The molecule has 0 spiro atoms. The molecule has 0 radical (unpaired) electrons. The fraction of sp³-hybridized carbons (Fsp3) is 0.467. The number of carbonyl (C=O) groups is 2. The van der Waals surface area contributed by atoms with Gasteiger partial charge in [0.1, 0.15) is 5.75 Å². The monoisotopic (exact) mass is 291 g/mol. The molecule has 6 nitrogen and oxygen atoms in total. The Morgan fingerprint density at radius 2 is 2.10 bits per heavy atom. The molecule has 21 heavy (non-hydrogen) atoms. The molecule has 1 saturated heterocycles. The predicted molar refractivity (Wildman–Crippen MR) is 80.0 cm³/mol. The quantitative estimate of drug-likeness (QED) is 0.695.